The normalized spacial score (nSPS) is 37.1. The van der Waals surface area contributed by atoms with E-state index in [2.05, 4.69) is 5.32 Å². The molecular formula is C12H24N2O2S. The van der Waals surface area contributed by atoms with E-state index in [1.807, 2.05) is 0 Å². The van der Waals surface area contributed by atoms with Gasteiger partial charge in [0.05, 0.1) is 11.5 Å². The lowest BCUT2D eigenvalue weighted by Crippen LogP contribution is -2.43. The summed E-state index contributed by atoms with van der Waals surface area (Å²) in [5.74, 6) is 1.66. The zero-order chi connectivity index (χ0) is 12.3. The maximum atomic E-state index is 11.4. The van der Waals surface area contributed by atoms with Gasteiger partial charge in [-0.2, -0.15) is 0 Å². The summed E-state index contributed by atoms with van der Waals surface area (Å²) in [6, 6.07) is 0.511. The van der Waals surface area contributed by atoms with Crippen molar-refractivity contribution in [3.8, 4) is 0 Å². The summed E-state index contributed by atoms with van der Waals surface area (Å²) in [4.78, 5) is 0. The lowest BCUT2D eigenvalue weighted by atomic mass is 9.84. The Morgan fingerprint density at radius 2 is 1.94 bits per heavy atom. The first-order chi connectivity index (χ1) is 8.11. The van der Waals surface area contributed by atoms with Crippen LogP contribution in [-0.2, 0) is 9.84 Å². The summed E-state index contributed by atoms with van der Waals surface area (Å²) in [7, 11) is -2.73. The molecule has 5 heteroatoms. The van der Waals surface area contributed by atoms with E-state index in [0.717, 1.165) is 19.5 Å². The van der Waals surface area contributed by atoms with Crippen molar-refractivity contribution in [2.75, 3.05) is 24.6 Å². The molecule has 3 atom stereocenters. The summed E-state index contributed by atoms with van der Waals surface area (Å²) >= 11 is 0. The first kappa shape index (κ1) is 13.3. The summed E-state index contributed by atoms with van der Waals surface area (Å²) in [5.41, 5.74) is 5.78. The molecule has 0 radical (unpaired) electrons. The first-order valence-corrected chi connectivity index (χ1v) is 8.57. The molecule has 0 bridgehead atoms. The predicted octanol–water partition coefficient (Wildman–Crippen LogP) is 0.528. The molecule has 2 fully saturated rings. The van der Waals surface area contributed by atoms with Crippen molar-refractivity contribution in [3.63, 3.8) is 0 Å². The molecule has 1 aliphatic heterocycles. The summed E-state index contributed by atoms with van der Waals surface area (Å²) < 4.78 is 22.7. The molecule has 2 rings (SSSR count). The highest BCUT2D eigenvalue weighted by atomic mass is 32.2. The third-order valence-corrected chi connectivity index (χ3v) is 6.04. The third kappa shape index (κ3) is 3.66. The molecule has 17 heavy (non-hydrogen) atoms. The molecule has 3 N–H and O–H groups in total. The van der Waals surface area contributed by atoms with Gasteiger partial charge in [0, 0.05) is 6.04 Å². The van der Waals surface area contributed by atoms with E-state index in [4.69, 9.17) is 5.73 Å². The lowest BCUT2D eigenvalue weighted by Gasteiger charge is -2.32. The Morgan fingerprint density at radius 3 is 2.59 bits per heavy atom. The van der Waals surface area contributed by atoms with Gasteiger partial charge in [-0.05, 0) is 44.2 Å². The Hall–Kier alpha value is -0.130. The second-order valence-electron chi connectivity index (χ2n) is 5.56. The van der Waals surface area contributed by atoms with Gasteiger partial charge < -0.3 is 11.1 Å². The molecule has 1 saturated heterocycles. The fraction of sp³-hybridized carbons (Fsp3) is 1.00. The molecule has 3 unspecified atom stereocenters. The molecular weight excluding hydrogens is 236 g/mol. The second kappa shape index (κ2) is 5.67. The minimum absolute atomic E-state index is 0.320. The fourth-order valence-corrected chi connectivity index (χ4v) is 4.97. The molecule has 0 amide bonds. The molecule has 1 saturated carbocycles. The molecule has 2 aliphatic rings. The van der Waals surface area contributed by atoms with Gasteiger partial charge >= 0.3 is 0 Å². The minimum Gasteiger partial charge on any atom is -0.330 e. The van der Waals surface area contributed by atoms with Gasteiger partial charge in [-0.15, -0.1) is 0 Å². The van der Waals surface area contributed by atoms with Crippen LogP contribution in [0.1, 0.15) is 32.1 Å². The largest absolute Gasteiger partial charge is 0.330 e. The number of hydrogen-bond acceptors (Lipinski definition) is 4. The van der Waals surface area contributed by atoms with Crippen LogP contribution in [0, 0.1) is 11.8 Å². The van der Waals surface area contributed by atoms with Gasteiger partial charge in [0.2, 0.25) is 0 Å². The number of hydrogen-bond donors (Lipinski definition) is 2. The molecule has 0 aromatic rings. The van der Waals surface area contributed by atoms with Crippen LogP contribution in [0.25, 0.3) is 0 Å². The molecule has 0 aromatic carbocycles. The number of nitrogens with two attached hydrogens (primary N) is 1. The molecule has 100 valence electrons. The van der Waals surface area contributed by atoms with Crippen LogP contribution in [0.3, 0.4) is 0 Å². The van der Waals surface area contributed by atoms with Crippen molar-refractivity contribution in [2.24, 2.45) is 17.6 Å². The van der Waals surface area contributed by atoms with E-state index in [1.54, 1.807) is 0 Å². The Balaban J connectivity index is 1.77. The third-order valence-electron chi connectivity index (χ3n) is 4.21. The van der Waals surface area contributed by atoms with E-state index in [0.29, 0.717) is 29.4 Å². The Labute approximate surface area is 104 Å². The quantitative estimate of drug-likeness (QED) is 0.773. The molecule has 1 heterocycles. The molecule has 0 spiro atoms. The topological polar surface area (TPSA) is 72.2 Å². The van der Waals surface area contributed by atoms with Gasteiger partial charge in [-0.3, -0.25) is 0 Å². The molecule has 4 nitrogen and oxygen atoms in total. The first-order valence-electron chi connectivity index (χ1n) is 6.74. The number of sulfone groups is 1. The summed E-state index contributed by atoms with van der Waals surface area (Å²) in [5, 5.41) is 3.56. The van der Waals surface area contributed by atoms with Crippen molar-refractivity contribution < 1.29 is 8.42 Å². The summed E-state index contributed by atoms with van der Waals surface area (Å²) in [6.07, 6.45) is 5.81. The van der Waals surface area contributed by atoms with Crippen LogP contribution in [0.5, 0.6) is 0 Å². The van der Waals surface area contributed by atoms with Crippen molar-refractivity contribution in [1.82, 2.24) is 5.32 Å². The van der Waals surface area contributed by atoms with E-state index >= 15 is 0 Å². The second-order valence-corrected chi connectivity index (χ2v) is 7.79. The Kier molecular flexibility index (Phi) is 4.44. The van der Waals surface area contributed by atoms with E-state index in [9.17, 15) is 8.42 Å². The highest BCUT2D eigenvalue weighted by Gasteiger charge is 2.29. The van der Waals surface area contributed by atoms with Gasteiger partial charge in [-0.25, -0.2) is 8.42 Å². The predicted molar refractivity (Wildman–Crippen MR) is 69.6 cm³/mol. The monoisotopic (exact) mass is 260 g/mol. The smallest absolute Gasteiger partial charge is 0.150 e. The Morgan fingerprint density at radius 1 is 1.18 bits per heavy atom. The van der Waals surface area contributed by atoms with E-state index < -0.39 is 9.84 Å². The maximum absolute atomic E-state index is 11.4. The van der Waals surface area contributed by atoms with Crippen LogP contribution in [0.15, 0.2) is 0 Å². The van der Waals surface area contributed by atoms with E-state index in [-0.39, 0.29) is 0 Å². The average Bonchev–Trinajstić information content (AvgIpc) is 2.67. The maximum Gasteiger partial charge on any atom is 0.150 e. The van der Waals surface area contributed by atoms with Crippen LogP contribution in [-0.4, -0.2) is 39.1 Å². The molecule has 0 aromatic heterocycles. The SMILES string of the molecule is NCC1CCCCC1NCC1CCS(=O)(=O)C1. The van der Waals surface area contributed by atoms with Gasteiger partial charge in [-0.1, -0.05) is 12.8 Å². The summed E-state index contributed by atoms with van der Waals surface area (Å²) in [6.45, 7) is 1.60. The zero-order valence-corrected chi connectivity index (χ0v) is 11.2. The van der Waals surface area contributed by atoms with Crippen molar-refractivity contribution in [2.45, 2.75) is 38.1 Å². The van der Waals surface area contributed by atoms with Crippen LogP contribution in [0.4, 0.5) is 0 Å². The van der Waals surface area contributed by atoms with Crippen LogP contribution >= 0.6 is 0 Å². The van der Waals surface area contributed by atoms with E-state index in [1.165, 1.54) is 25.7 Å². The van der Waals surface area contributed by atoms with Crippen LogP contribution < -0.4 is 11.1 Å². The number of rotatable bonds is 4. The average molecular weight is 260 g/mol. The van der Waals surface area contributed by atoms with Gasteiger partial charge in [0.25, 0.3) is 0 Å². The fourth-order valence-electron chi connectivity index (χ4n) is 3.11. The Bertz CT molecular complexity index is 342. The van der Waals surface area contributed by atoms with Gasteiger partial charge in [0.15, 0.2) is 9.84 Å². The lowest BCUT2D eigenvalue weighted by molar-refractivity contribution is 0.260. The van der Waals surface area contributed by atoms with Crippen molar-refractivity contribution in [3.05, 3.63) is 0 Å². The standard InChI is InChI=1S/C12H24N2O2S/c13-7-11-3-1-2-4-12(11)14-8-10-5-6-17(15,16)9-10/h10-12,14H,1-9,13H2. The van der Waals surface area contributed by atoms with Crippen LogP contribution in [0.2, 0.25) is 0 Å². The van der Waals surface area contributed by atoms with Crippen molar-refractivity contribution >= 4 is 9.84 Å². The highest BCUT2D eigenvalue weighted by Crippen LogP contribution is 2.24. The minimum atomic E-state index is -2.73. The number of nitrogens with one attached hydrogen (secondary N) is 1. The van der Waals surface area contributed by atoms with Gasteiger partial charge in [0.1, 0.15) is 0 Å². The zero-order valence-electron chi connectivity index (χ0n) is 10.4. The highest BCUT2D eigenvalue weighted by molar-refractivity contribution is 7.91. The molecule has 1 aliphatic carbocycles. The van der Waals surface area contributed by atoms with Crippen molar-refractivity contribution in [1.29, 1.82) is 0 Å².